The van der Waals surface area contributed by atoms with Gasteiger partial charge in [-0.25, -0.2) is 9.67 Å². The first-order valence-electron chi connectivity index (χ1n) is 12.1. The van der Waals surface area contributed by atoms with Crippen LogP contribution in [0.15, 0.2) is 59.6 Å². The van der Waals surface area contributed by atoms with Gasteiger partial charge in [0, 0.05) is 36.0 Å². The van der Waals surface area contributed by atoms with Crippen molar-refractivity contribution >= 4 is 30.0 Å². The number of hydrogen-bond donors (Lipinski definition) is 2. The molecule has 0 spiro atoms. The van der Waals surface area contributed by atoms with Gasteiger partial charge >= 0.3 is 0 Å². The third-order valence-electron chi connectivity index (χ3n) is 6.27. The summed E-state index contributed by atoms with van der Waals surface area (Å²) in [4.78, 5) is 31.2. The van der Waals surface area contributed by atoms with E-state index >= 15 is 0 Å². The third kappa shape index (κ3) is 5.46. The number of rotatable bonds is 8. The number of aliphatic imine (C=N–C) groups is 1. The van der Waals surface area contributed by atoms with Gasteiger partial charge in [0.25, 0.3) is 5.91 Å². The quantitative estimate of drug-likeness (QED) is 0.356. The molecule has 1 aliphatic heterocycles. The number of anilines is 2. The summed E-state index contributed by atoms with van der Waals surface area (Å²) in [5.41, 5.74) is 4.18. The summed E-state index contributed by atoms with van der Waals surface area (Å²) in [5, 5.41) is 11.2. The van der Waals surface area contributed by atoms with E-state index in [9.17, 15) is 9.59 Å². The van der Waals surface area contributed by atoms with E-state index in [1.807, 2.05) is 79.1 Å². The SMILES string of the molecule is C=NC(=O)c1c(-c2ccc(C)c(OC)c2)nn2c1NCCC2c1ccccc1NC(=O)C=CCN(C)C. The second-order valence-corrected chi connectivity index (χ2v) is 9.14. The van der Waals surface area contributed by atoms with Crippen molar-refractivity contribution in [3.05, 3.63) is 71.3 Å². The maximum Gasteiger partial charge on any atom is 0.282 e. The van der Waals surface area contributed by atoms with Gasteiger partial charge in [0.05, 0.1) is 13.2 Å². The number of aromatic nitrogens is 2. The molecule has 0 fully saturated rings. The topological polar surface area (TPSA) is 101 Å². The summed E-state index contributed by atoms with van der Waals surface area (Å²) in [6.45, 7) is 6.70. The molecule has 1 atom stereocenters. The number of amides is 2. The Labute approximate surface area is 216 Å². The lowest BCUT2D eigenvalue weighted by atomic mass is 9.99. The fourth-order valence-electron chi connectivity index (χ4n) is 4.46. The van der Waals surface area contributed by atoms with Gasteiger partial charge in [-0.3, -0.25) is 9.59 Å². The van der Waals surface area contributed by atoms with Crippen molar-refractivity contribution in [1.29, 1.82) is 0 Å². The predicted molar refractivity (Wildman–Crippen MR) is 147 cm³/mol. The van der Waals surface area contributed by atoms with Crippen molar-refractivity contribution in [1.82, 2.24) is 14.7 Å². The standard InChI is InChI=1S/C28H32N6O3/c1-18-12-13-19(17-23(18)37-5)26-25(28(36)29-2)27-30-15-14-22(34(27)32-26)20-9-6-7-10-21(20)31-24(35)11-8-16-33(3)4/h6-13,17,22,30H,2,14-16H2,1,3-5H3,(H,31,35). The molecule has 0 saturated carbocycles. The molecule has 192 valence electrons. The maximum absolute atomic E-state index is 12.9. The minimum Gasteiger partial charge on any atom is -0.496 e. The van der Waals surface area contributed by atoms with Crippen LogP contribution in [0.3, 0.4) is 0 Å². The van der Waals surface area contributed by atoms with Crippen LogP contribution < -0.4 is 15.4 Å². The molecule has 3 aromatic rings. The summed E-state index contributed by atoms with van der Waals surface area (Å²) in [6, 6.07) is 13.2. The van der Waals surface area contributed by atoms with E-state index in [2.05, 4.69) is 22.3 Å². The molecule has 9 nitrogen and oxygen atoms in total. The summed E-state index contributed by atoms with van der Waals surface area (Å²) < 4.78 is 7.32. The van der Waals surface area contributed by atoms with Gasteiger partial charge in [-0.05, 0) is 51.9 Å². The van der Waals surface area contributed by atoms with Crippen molar-refractivity contribution < 1.29 is 14.3 Å². The molecule has 1 unspecified atom stereocenters. The van der Waals surface area contributed by atoms with Crippen LogP contribution >= 0.6 is 0 Å². The van der Waals surface area contributed by atoms with E-state index in [0.29, 0.717) is 48.0 Å². The van der Waals surface area contributed by atoms with Gasteiger partial charge < -0.3 is 20.3 Å². The maximum atomic E-state index is 12.9. The van der Waals surface area contributed by atoms with Crippen molar-refractivity contribution in [3.63, 3.8) is 0 Å². The molecule has 4 rings (SSSR count). The number of para-hydroxylation sites is 1. The molecule has 2 N–H and O–H groups in total. The predicted octanol–water partition coefficient (Wildman–Crippen LogP) is 4.17. The Bertz CT molecular complexity index is 1360. The third-order valence-corrected chi connectivity index (χ3v) is 6.27. The number of hydrogen-bond acceptors (Lipinski definition) is 6. The van der Waals surface area contributed by atoms with Crippen molar-refractivity contribution in [2.24, 2.45) is 4.99 Å². The number of fused-ring (bicyclic) bond motifs is 1. The Hall–Kier alpha value is -4.24. The van der Waals surface area contributed by atoms with Crippen LogP contribution in [0.1, 0.15) is 33.9 Å². The highest BCUT2D eigenvalue weighted by molar-refractivity contribution is 6.06. The zero-order chi connectivity index (χ0) is 26.5. The van der Waals surface area contributed by atoms with Gasteiger partial charge in [-0.2, -0.15) is 5.10 Å². The minimum atomic E-state index is -0.462. The molecule has 2 amide bonds. The molecule has 37 heavy (non-hydrogen) atoms. The summed E-state index contributed by atoms with van der Waals surface area (Å²) in [6.07, 6.45) is 4.06. The second kappa shape index (κ2) is 11.2. The zero-order valence-corrected chi connectivity index (χ0v) is 21.6. The normalized spacial score (nSPS) is 14.8. The Kier molecular flexibility index (Phi) is 7.83. The Morgan fingerprint density at radius 1 is 1.30 bits per heavy atom. The molecule has 2 heterocycles. The summed E-state index contributed by atoms with van der Waals surface area (Å²) >= 11 is 0. The average Bonchev–Trinajstić information content (AvgIpc) is 3.28. The second-order valence-electron chi connectivity index (χ2n) is 9.14. The molecule has 0 saturated heterocycles. The summed E-state index contributed by atoms with van der Waals surface area (Å²) in [7, 11) is 5.50. The highest BCUT2D eigenvalue weighted by Gasteiger charge is 2.32. The number of ether oxygens (including phenoxy) is 1. The van der Waals surface area contributed by atoms with Crippen LogP contribution in [-0.2, 0) is 4.79 Å². The molecule has 2 aromatic carbocycles. The van der Waals surface area contributed by atoms with Crippen molar-refractivity contribution in [3.8, 4) is 17.0 Å². The minimum absolute atomic E-state index is 0.205. The van der Waals surface area contributed by atoms with Crippen LogP contribution in [0.4, 0.5) is 11.5 Å². The first-order chi connectivity index (χ1) is 17.8. The molecular weight excluding hydrogens is 468 g/mol. The smallest absolute Gasteiger partial charge is 0.282 e. The first kappa shape index (κ1) is 25.8. The van der Waals surface area contributed by atoms with Crippen LogP contribution in [0.5, 0.6) is 5.75 Å². The van der Waals surface area contributed by atoms with E-state index in [-0.39, 0.29) is 11.9 Å². The molecular formula is C28H32N6O3. The van der Waals surface area contributed by atoms with Gasteiger partial charge in [-0.1, -0.05) is 36.4 Å². The number of methoxy groups -OCH3 is 1. The molecule has 0 bridgehead atoms. The van der Waals surface area contributed by atoms with Crippen LogP contribution in [-0.4, -0.2) is 67.5 Å². The van der Waals surface area contributed by atoms with Crippen LogP contribution in [0, 0.1) is 6.92 Å². The number of carbonyl (C=O) groups is 2. The lowest BCUT2D eigenvalue weighted by molar-refractivity contribution is -0.111. The lowest BCUT2D eigenvalue weighted by Gasteiger charge is -2.28. The van der Waals surface area contributed by atoms with Crippen molar-refractivity contribution in [2.45, 2.75) is 19.4 Å². The largest absolute Gasteiger partial charge is 0.496 e. The van der Waals surface area contributed by atoms with Crippen LogP contribution in [0.25, 0.3) is 11.3 Å². The molecule has 9 heteroatoms. The highest BCUT2D eigenvalue weighted by atomic mass is 16.5. The zero-order valence-electron chi connectivity index (χ0n) is 21.6. The number of benzene rings is 2. The number of aryl methyl sites for hydroxylation is 1. The molecule has 1 aromatic heterocycles. The number of nitrogens with one attached hydrogen (secondary N) is 2. The molecule has 0 radical (unpaired) electrons. The lowest BCUT2D eigenvalue weighted by Crippen LogP contribution is -2.26. The Balaban J connectivity index is 1.77. The average molecular weight is 501 g/mol. The number of nitrogens with zero attached hydrogens (tertiary/aromatic N) is 4. The van der Waals surface area contributed by atoms with Gasteiger partial charge in [0.1, 0.15) is 22.8 Å². The van der Waals surface area contributed by atoms with E-state index < -0.39 is 5.91 Å². The fourth-order valence-corrected chi connectivity index (χ4v) is 4.46. The number of carbonyl (C=O) groups excluding carboxylic acids is 2. The highest BCUT2D eigenvalue weighted by Crippen LogP contribution is 2.40. The van der Waals surface area contributed by atoms with E-state index in [4.69, 9.17) is 9.84 Å². The van der Waals surface area contributed by atoms with E-state index in [0.717, 1.165) is 16.7 Å². The number of likely N-dealkylation sites (N-methyl/N-ethyl adjacent to an activating group) is 1. The molecule has 1 aliphatic rings. The van der Waals surface area contributed by atoms with E-state index in [1.54, 1.807) is 7.11 Å². The monoisotopic (exact) mass is 500 g/mol. The fraction of sp³-hybridized carbons (Fsp3) is 0.286. The molecule has 0 aliphatic carbocycles. The van der Waals surface area contributed by atoms with Gasteiger partial charge in [-0.15, -0.1) is 0 Å². The first-order valence-corrected chi connectivity index (χ1v) is 12.1. The Morgan fingerprint density at radius 3 is 2.81 bits per heavy atom. The van der Waals surface area contributed by atoms with Crippen LogP contribution in [0.2, 0.25) is 0 Å². The Morgan fingerprint density at radius 2 is 2.08 bits per heavy atom. The van der Waals surface area contributed by atoms with Crippen molar-refractivity contribution in [2.75, 3.05) is 44.9 Å². The van der Waals surface area contributed by atoms with Gasteiger partial charge in [0.2, 0.25) is 5.91 Å². The summed E-state index contributed by atoms with van der Waals surface area (Å²) in [5.74, 6) is 0.614. The van der Waals surface area contributed by atoms with E-state index in [1.165, 1.54) is 6.08 Å². The van der Waals surface area contributed by atoms with Gasteiger partial charge in [0.15, 0.2) is 0 Å².